The van der Waals surface area contributed by atoms with Crippen LogP contribution in [0.15, 0.2) is 42.5 Å². The number of likely N-dealkylation sites (N-methyl/N-ethyl adjacent to an activating group) is 1. The van der Waals surface area contributed by atoms with Crippen LogP contribution in [0.4, 0.5) is 0 Å². The summed E-state index contributed by atoms with van der Waals surface area (Å²) in [7, 11) is 3.94. The van der Waals surface area contributed by atoms with Crippen LogP contribution in [-0.2, 0) is 4.79 Å². The first-order valence-electron chi connectivity index (χ1n) is 7.64. The number of ether oxygens (including phenoxy) is 1. The minimum atomic E-state index is -0.245. The van der Waals surface area contributed by atoms with Gasteiger partial charge in [-0.3, -0.25) is 4.79 Å². The normalized spacial score (nSPS) is 12.1. The number of rotatable bonds is 7. The van der Waals surface area contributed by atoms with Crippen LogP contribution in [0.25, 0.3) is 0 Å². The van der Waals surface area contributed by atoms with E-state index in [-0.39, 0.29) is 18.6 Å². The summed E-state index contributed by atoms with van der Waals surface area (Å²) in [6.07, 6.45) is 0. The number of nitrogens with zero attached hydrogens (tertiary/aromatic N) is 1. The third-order valence-electron chi connectivity index (χ3n) is 3.63. The number of hydrogen-bond donors (Lipinski definition) is 1. The number of hydrogen-bond acceptors (Lipinski definition) is 3. The Morgan fingerprint density at radius 3 is 2.36 bits per heavy atom. The number of benzene rings is 2. The Morgan fingerprint density at radius 2 is 1.72 bits per heavy atom. The summed E-state index contributed by atoms with van der Waals surface area (Å²) in [5.74, 6) is 0.0726. The molecule has 134 valence electrons. The number of halogens is 3. The molecular weight excluding hydrogens is 383 g/mol. The van der Waals surface area contributed by atoms with Gasteiger partial charge in [0.25, 0.3) is 5.91 Å². The van der Waals surface area contributed by atoms with E-state index in [4.69, 9.17) is 39.5 Å². The molecule has 2 aromatic rings. The van der Waals surface area contributed by atoms with Crippen LogP contribution in [0.2, 0.25) is 15.1 Å². The summed E-state index contributed by atoms with van der Waals surface area (Å²) in [5, 5.41) is 3.83. The fraction of sp³-hybridized carbons (Fsp3) is 0.278. The molecule has 1 atom stereocenters. The Labute approximate surface area is 162 Å². The zero-order valence-corrected chi connectivity index (χ0v) is 16.2. The van der Waals surface area contributed by atoms with E-state index in [1.54, 1.807) is 0 Å². The Morgan fingerprint density at radius 1 is 1.08 bits per heavy atom. The molecule has 0 spiro atoms. The van der Waals surface area contributed by atoms with Gasteiger partial charge in [0.05, 0.1) is 21.1 Å². The second-order valence-corrected chi connectivity index (χ2v) is 6.90. The number of amides is 1. The molecule has 25 heavy (non-hydrogen) atoms. The molecule has 0 aliphatic heterocycles. The molecule has 0 radical (unpaired) electrons. The van der Waals surface area contributed by atoms with Gasteiger partial charge in [-0.15, -0.1) is 0 Å². The predicted molar refractivity (Wildman–Crippen MR) is 103 cm³/mol. The molecule has 0 saturated carbocycles. The molecule has 0 aliphatic rings. The van der Waals surface area contributed by atoms with Crippen LogP contribution in [0.1, 0.15) is 11.6 Å². The van der Waals surface area contributed by atoms with Gasteiger partial charge in [-0.25, -0.2) is 0 Å². The quantitative estimate of drug-likeness (QED) is 0.697. The minimum absolute atomic E-state index is 0.0683. The first-order valence-corrected chi connectivity index (χ1v) is 8.77. The Hall–Kier alpha value is -1.46. The molecule has 0 aliphatic carbocycles. The Balaban J connectivity index is 1.91. The molecule has 0 unspecified atom stereocenters. The molecule has 7 heteroatoms. The van der Waals surface area contributed by atoms with Crippen molar-refractivity contribution in [2.24, 2.45) is 0 Å². The highest BCUT2D eigenvalue weighted by molar-refractivity contribution is 6.43. The molecule has 1 amide bonds. The lowest BCUT2D eigenvalue weighted by molar-refractivity contribution is -0.123. The lowest BCUT2D eigenvalue weighted by Gasteiger charge is -2.25. The number of nitrogens with one attached hydrogen (secondary N) is 1. The molecule has 2 aromatic carbocycles. The van der Waals surface area contributed by atoms with E-state index >= 15 is 0 Å². The zero-order chi connectivity index (χ0) is 18.4. The summed E-state index contributed by atoms with van der Waals surface area (Å²) in [6, 6.07) is 13.0. The fourth-order valence-electron chi connectivity index (χ4n) is 2.29. The van der Waals surface area contributed by atoms with Crippen molar-refractivity contribution in [2.45, 2.75) is 6.04 Å². The number of carbonyl (C=O) groups is 1. The summed E-state index contributed by atoms with van der Waals surface area (Å²) in [5.41, 5.74) is 1.13. The topological polar surface area (TPSA) is 41.6 Å². The van der Waals surface area contributed by atoms with Gasteiger partial charge >= 0.3 is 0 Å². The fourth-order valence-corrected chi connectivity index (χ4v) is 2.88. The van der Waals surface area contributed by atoms with E-state index in [0.29, 0.717) is 27.4 Å². The smallest absolute Gasteiger partial charge is 0.258 e. The third-order valence-corrected chi connectivity index (χ3v) is 4.65. The summed E-state index contributed by atoms with van der Waals surface area (Å²) < 4.78 is 5.43. The molecule has 0 aromatic heterocycles. The van der Waals surface area contributed by atoms with Crippen molar-refractivity contribution in [2.75, 3.05) is 27.2 Å². The van der Waals surface area contributed by atoms with Gasteiger partial charge in [0.1, 0.15) is 5.75 Å². The summed E-state index contributed by atoms with van der Waals surface area (Å²) in [4.78, 5) is 14.1. The van der Waals surface area contributed by atoms with Gasteiger partial charge in [-0.1, -0.05) is 65.1 Å². The van der Waals surface area contributed by atoms with Crippen molar-refractivity contribution in [1.82, 2.24) is 10.2 Å². The average molecular weight is 402 g/mol. The first-order chi connectivity index (χ1) is 11.9. The second kappa shape index (κ2) is 9.30. The molecule has 4 nitrogen and oxygen atoms in total. The van der Waals surface area contributed by atoms with E-state index in [1.807, 2.05) is 49.3 Å². The molecular formula is C18H19Cl3N2O2. The summed E-state index contributed by atoms with van der Waals surface area (Å²) in [6.45, 7) is 0.306. The highest BCUT2D eigenvalue weighted by Crippen LogP contribution is 2.33. The van der Waals surface area contributed by atoms with Gasteiger partial charge in [0.15, 0.2) is 6.61 Å². The highest BCUT2D eigenvalue weighted by Gasteiger charge is 2.15. The molecule has 1 N–H and O–H groups in total. The standard InChI is InChI=1S/C18H19Cl3N2O2/c1-23(2)16(12-6-4-3-5-7-12)10-22-18(24)11-25-17-9-14(20)13(19)8-15(17)21/h3-9,16H,10-11H2,1-2H3,(H,22,24)/t16-/m1/s1. The highest BCUT2D eigenvalue weighted by atomic mass is 35.5. The zero-order valence-electron chi connectivity index (χ0n) is 13.9. The van der Waals surface area contributed by atoms with Gasteiger partial charge in [0.2, 0.25) is 0 Å². The second-order valence-electron chi connectivity index (χ2n) is 5.68. The first kappa shape index (κ1) is 19.9. The van der Waals surface area contributed by atoms with Crippen molar-refractivity contribution in [1.29, 1.82) is 0 Å². The maximum atomic E-state index is 12.1. The number of carbonyl (C=O) groups excluding carboxylic acids is 1. The minimum Gasteiger partial charge on any atom is -0.482 e. The van der Waals surface area contributed by atoms with Crippen LogP contribution >= 0.6 is 34.8 Å². The third kappa shape index (κ3) is 5.79. The maximum Gasteiger partial charge on any atom is 0.258 e. The van der Waals surface area contributed by atoms with Gasteiger partial charge in [-0.2, -0.15) is 0 Å². The Kier molecular flexibility index (Phi) is 7.38. The van der Waals surface area contributed by atoms with Crippen LogP contribution in [0.5, 0.6) is 5.75 Å². The molecule has 0 saturated heterocycles. The molecule has 0 heterocycles. The maximum absolute atomic E-state index is 12.1. The van der Waals surface area contributed by atoms with Gasteiger partial charge < -0.3 is 15.0 Å². The Bertz CT molecular complexity index is 724. The van der Waals surface area contributed by atoms with Crippen molar-refractivity contribution in [3.05, 3.63) is 63.1 Å². The van der Waals surface area contributed by atoms with Crippen molar-refractivity contribution < 1.29 is 9.53 Å². The summed E-state index contributed by atoms with van der Waals surface area (Å²) >= 11 is 17.8. The monoisotopic (exact) mass is 400 g/mol. The lowest BCUT2D eigenvalue weighted by atomic mass is 10.1. The molecule has 0 fully saturated rings. The van der Waals surface area contributed by atoms with Gasteiger partial charge in [-0.05, 0) is 25.7 Å². The van der Waals surface area contributed by atoms with Gasteiger partial charge in [0, 0.05) is 12.6 Å². The van der Waals surface area contributed by atoms with Crippen molar-refractivity contribution in [3.8, 4) is 5.75 Å². The largest absolute Gasteiger partial charge is 0.482 e. The van der Waals surface area contributed by atoms with E-state index in [1.165, 1.54) is 12.1 Å². The van der Waals surface area contributed by atoms with Crippen molar-refractivity contribution >= 4 is 40.7 Å². The average Bonchev–Trinajstić information content (AvgIpc) is 2.58. The van der Waals surface area contributed by atoms with E-state index < -0.39 is 0 Å². The van der Waals surface area contributed by atoms with Crippen LogP contribution in [0, 0.1) is 0 Å². The van der Waals surface area contributed by atoms with Crippen LogP contribution in [-0.4, -0.2) is 38.1 Å². The van der Waals surface area contributed by atoms with E-state index in [9.17, 15) is 4.79 Å². The van der Waals surface area contributed by atoms with Crippen molar-refractivity contribution in [3.63, 3.8) is 0 Å². The van der Waals surface area contributed by atoms with Crippen LogP contribution in [0.3, 0.4) is 0 Å². The predicted octanol–water partition coefficient (Wildman–Crippen LogP) is 4.44. The SMILES string of the molecule is CN(C)[C@H](CNC(=O)COc1cc(Cl)c(Cl)cc1Cl)c1ccccc1. The lowest BCUT2D eigenvalue weighted by Crippen LogP contribution is -2.36. The molecule has 2 rings (SSSR count). The van der Waals surface area contributed by atoms with E-state index in [2.05, 4.69) is 5.32 Å². The van der Waals surface area contributed by atoms with E-state index in [0.717, 1.165) is 5.56 Å². The molecule has 0 bridgehead atoms. The van der Waals surface area contributed by atoms with Crippen LogP contribution < -0.4 is 10.1 Å².